The van der Waals surface area contributed by atoms with Crippen LogP contribution in [0.25, 0.3) is 33.5 Å². The summed E-state index contributed by atoms with van der Waals surface area (Å²) in [5, 5.41) is 0. The third-order valence-corrected chi connectivity index (χ3v) is 9.20. The first kappa shape index (κ1) is 26.5. The van der Waals surface area contributed by atoms with Gasteiger partial charge in [0.25, 0.3) is 0 Å². The minimum absolute atomic E-state index is 0.213. The number of aromatic nitrogens is 2. The Labute approximate surface area is 233 Å². The van der Waals surface area contributed by atoms with Crippen LogP contribution in [-0.2, 0) is 21.5 Å². The number of benzene rings is 3. The van der Waals surface area contributed by atoms with E-state index in [2.05, 4.69) is 9.29 Å². The Hall–Kier alpha value is -3.76. The Morgan fingerprint density at radius 1 is 1.00 bits per heavy atom. The van der Waals surface area contributed by atoms with Crippen molar-refractivity contribution in [2.45, 2.75) is 25.8 Å². The molecule has 208 valence electrons. The summed E-state index contributed by atoms with van der Waals surface area (Å²) >= 11 is 0. The van der Waals surface area contributed by atoms with Gasteiger partial charge in [-0.05, 0) is 66.6 Å². The number of amides is 1. The molecular formula is C30H32FN5O3S. The van der Waals surface area contributed by atoms with Crippen molar-refractivity contribution in [2.24, 2.45) is 11.8 Å². The standard InChI is InChI=1S/C30H32FN5O3S/c1-34(2)40(38,39)33-26-5-3-4-24(16-26)21-6-8-22(9-7-21)29-32-27-13-12-25(31)17-28(27)36(29)19-20-14-15-35(18-20)30(37)23-10-11-23/h3-9,12-13,16-17,20,23,33H,10-11,14-15,18-19H2,1-2H3/t20-/m1/s1. The molecule has 1 aliphatic carbocycles. The Bertz CT molecular complexity index is 1680. The van der Waals surface area contributed by atoms with Crippen LogP contribution in [0.5, 0.6) is 0 Å². The molecule has 1 saturated carbocycles. The molecule has 2 aliphatic rings. The molecule has 2 fully saturated rings. The molecule has 40 heavy (non-hydrogen) atoms. The second-order valence-electron chi connectivity index (χ2n) is 10.9. The van der Waals surface area contributed by atoms with Crippen molar-refractivity contribution in [3.8, 4) is 22.5 Å². The summed E-state index contributed by atoms with van der Waals surface area (Å²) in [6.45, 7) is 2.14. The van der Waals surface area contributed by atoms with Gasteiger partial charge in [-0.3, -0.25) is 9.52 Å². The highest BCUT2D eigenvalue weighted by atomic mass is 32.2. The van der Waals surface area contributed by atoms with Crippen LogP contribution in [0.4, 0.5) is 10.1 Å². The fourth-order valence-corrected chi connectivity index (χ4v) is 5.95. The van der Waals surface area contributed by atoms with E-state index < -0.39 is 10.2 Å². The second kappa shape index (κ2) is 10.3. The Balaban J connectivity index is 1.28. The minimum Gasteiger partial charge on any atom is -0.342 e. The van der Waals surface area contributed by atoms with Crippen LogP contribution >= 0.6 is 0 Å². The average molecular weight is 562 g/mol. The summed E-state index contributed by atoms with van der Waals surface area (Å²) in [7, 11) is -0.659. The molecular weight excluding hydrogens is 529 g/mol. The van der Waals surface area contributed by atoms with Crippen molar-refractivity contribution in [1.29, 1.82) is 0 Å². The van der Waals surface area contributed by atoms with Crippen molar-refractivity contribution >= 4 is 32.8 Å². The van der Waals surface area contributed by atoms with Gasteiger partial charge in [0, 0.05) is 45.2 Å². The van der Waals surface area contributed by atoms with Gasteiger partial charge in [-0.25, -0.2) is 9.37 Å². The molecule has 4 aromatic rings. The number of rotatable bonds is 8. The van der Waals surface area contributed by atoms with Gasteiger partial charge in [-0.15, -0.1) is 0 Å². The Morgan fingerprint density at radius 2 is 1.75 bits per heavy atom. The van der Waals surface area contributed by atoms with Gasteiger partial charge < -0.3 is 9.47 Å². The van der Waals surface area contributed by atoms with Crippen LogP contribution in [-0.4, -0.2) is 60.3 Å². The topological polar surface area (TPSA) is 87.5 Å². The van der Waals surface area contributed by atoms with Crippen molar-refractivity contribution in [3.63, 3.8) is 0 Å². The van der Waals surface area contributed by atoms with E-state index in [1.165, 1.54) is 26.2 Å². The third-order valence-electron chi connectivity index (χ3n) is 7.74. The molecule has 1 aromatic heterocycles. The van der Waals surface area contributed by atoms with Gasteiger partial charge in [-0.2, -0.15) is 12.7 Å². The van der Waals surface area contributed by atoms with Crippen molar-refractivity contribution in [3.05, 3.63) is 72.5 Å². The molecule has 1 N–H and O–H groups in total. The van der Waals surface area contributed by atoms with Crippen molar-refractivity contribution in [1.82, 2.24) is 18.8 Å². The molecule has 0 unspecified atom stereocenters. The lowest BCUT2D eigenvalue weighted by atomic mass is 10.0. The zero-order valence-corrected chi connectivity index (χ0v) is 23.4. The number of nitrogens with one attached hydrogen (secondary N) is 1. The highest BCUT2D eigenvalue weighted by Crippen LogP contribution is 2.34. The van der Waals surface area contributed by atoms with Crippen LogP contribution in [0.2, 0.25) is 0 Å². The molecule has 0 spiro atoms. The number of fused-ring (bicyclic) bond motifs is 1. The first-order chi connectivity index (χ1) is 19.2. The zero-order chi connectivity index (χ0) is 28.0. The Morgan fingerprint density at radius 3 is 2.48 bits per heavy atom. The normalized spacial score (nSPS) is 17.6. The number of carbonyl (C=O) groups excluding carboxylic acids is 1. The number of hydrogen-bond acceptors (Lipinski definition) is 4. The van der Waals surface area contributed by atoms with E-state index in [9.17, 15) is 17.6 Å². The fourth-order valence-electron chi connectivity index (χ4n) is 5.34. The van der Waals surface area contributed by atoms with Gasteiger partial charge in [0.05, 0.1) is 16.7 Å². The van der Waals surface area contributed by atoms with Crippen molar-refractivity contribution < 1.29 is 17.6 Å². The molecule has 3 aromatic carbocycles. The first-order valence-corrected chi connectivity index (χ1v) is 15.0. The minimum atomic E-state index is -3.61. The third kappa shape index (κ3) is 5.33. The van der Waals surface area contributed by atoms with Gasteiger partial charge in [0.1, 0.15) is 11.6 Å². The maximum Gasteiger partial charge on any atom is 0.301 e. The van der Waals surface area contributed by atoms with Crippen LogP contribution in [0.1, 0.15) is 19.3 Å². The molecule has 1 atom stereocenters. The SMILES string of the molecule is CN(C)S(=O)(=O)Nc1cccc(-c2ccc(-c3nc4ccc(F)cc4n3C[C@@H]3CCN(C(=O)C4CC4)C3)cc2)c1. The van der Waals surface area contributed by atoms with E-state index in [4.69, 9.17) is 4.98 Å². The second-order valence-corrected chi connectivity index (χ2v) is 12.8. The first-order valence-electron chi connectivity index (χ1n) is 13.5. The lowest BCUT2D eigenvalue weighted by Crippen LogP contribution is -2.30. The lowest BCUT2D eigenvalue weighted by molar-refractivity contribution is -0.131. The molecule has 1 aliphatic heterocycles. The number of anilines is 1. The van der Waals surface area contributed by atoms with E-state index in [0.717, 1.165) is 70.2 Å². The fraction of sp³-hybridized carbons (Fsp3) is 0.333. The van der Waals surface area contributed by atoms with E-state index >= 15 is 0 Å². The maximum atomic E-state index is 14.3. The quantitative estimate of drug-likeness (QED) is 0.329. The van der Waals surface area contributed by atoms with E-state index in [1.807, 2.05) is 41.3 Å². The highest BCUT2D eigenvalue weighted by molar-refractivity contribution is 7.90. The predicted octanol–water partition coefficient (Wildman–Crippen LogP) is 4.99. The summed E-state index contributed by atoms with van der Waals surface area (Å²) in [5.41, 5.74) is 4.64. The molecule has 6 rings (SSSR count). The number of nitrogens with zero attached hydrogens (tertiary/aromatic N) is 4. The predicted molar refractivity (Wildman–Crippen MR) is 154 cm³/mol. The molecule has 1 amide bonds. The summed E-state index contributed by atoms with van der Waals surface area (Å²) in [5.74, 6) is 1.21. The van der Waals surface area contributed by atoms with Crippen LogP contribution < -0.4 is 4.72 Å². The number of carbonyl (C=O) groups is 1. The molecule has 0 bridgehead atoms. The van der Waals surface area contributed by atoms with E-state index in [-0.39, 0.29) is 23.6 Å². The number of likely N-dealkylation sites (tertiary alicyclic amines) is 1. The van der Waals surface area contributed by atoms with Gasteiger partial charge in [-0.1, -0.05) is 36.4 Å². The van der Waals surface area contributed by atoms with Crippen molar-refractivity contribution in [2.75, 3.05) is 31.9 Å². The maximum absolute atomic E-state index is 14.3. The van der Waals surface area contributed by atoms with E-state index in [1.54, 1.807) is 18.2 Å². The number of halogens is 1. The van der Waals surface area contributed by atoms with Crippen LogP contribution in [0.3, 0.4) is 0 Å². The number of imidazole rings is 1. The summed E-state index contributed by atoms with van der Waals surface area (Å²) in [4.78, 5) is 19.4. The molecule has 1 saturated heterocycles. The highest BCUT2D eigenvalue weighted by Gasteiger charge is 2.36. The summed E-state index contributed by atoms with van der Waals surface area (Å²) in [6.07, 6.45) is 2.92. The molecule has 0 radical (unpaired) electrons. The Kier molecular flexibility index (Phi) is 6.83. The molecule has 10 heteroatoms. The van der Waals surface area contributed by atoms with Gasteiger partial charge >= 0.3 is 10.2 Å². The monoisotopic (exact) mass is 561 g/mol. The average Bonchev–Trinajstić information content (AvgIpc) is 3.59. The van der Waals surface area contributed by atoms with Gasteiger partial charge in [0.2, 0.25) is 5.91 Å². The number of hydrogen-bond donors (Lipinski definition) is 1. The van der Waals surface area contributed by atoms with Crippen LogP contribution in [0, 0.1) is 17.7 Å². The summed E-state index contributed by atoms with van der Waals surface area (Å²) < 4.78 is 44.6. The molecule has 2 heterocycles. The smallest absolute Gasteiger partial charge is 0.301 e. The van der Waals surface area contributed by atoms with E-state index in [0.29, 0.717) is 12.2 Å². The van der Waals surface area contributed by atoms with Crippen LogP contribution in [0.15, 0.2) is 66.7 Å². The van der Waals surface area contributed by atoms with Gasteiger partial charge in [0.15, 0.2) is 0 Å². The zero-order valence-electron chi connectivity index (χ0n) is 22.5. The molecule has 8 nitrogen and oxygen atoms in total. The summed E-state index contributed by atoms with van der Waals surface area (Å²) in [6, 6.07) is 19.8. The lowest BCUT2D eigenvalue weighted by Gasteiger charge is -2.18. The largest absolute Gasteiger partial charge is 0.342 e.